The molecule has 0 N–H and O–H groups in total. The Morgan fingerprint density at radius 3 is 1.73 bits per heavy atom. The summed E-state index contributed by atoms with van der Waals surface area (Å²) < 4.78 is 71.5. The van der Waals surface area contributed by atoms with Gasteiger partial charge in [0, 0.05) is 60.2 Å². The minimum atomic E-state index is -1.01. The molecule has 2 heterocycles. The quantitative estimate of drug-likeness (QED) is 0.135. The van der Waals surface area contributed by atoms with Gasteiger partial charge in [0.2, 0.25) is 5.75 Å². The van der Waals surface area contributed by atoms with Crippen LogP contribution in [0.5, 0.6) is 57.5 Å². The van der Waals surface area contributed by atoms with Crippen molar-refractivity contribution in [3.8, 4) is 57.5 Å². The van der Waals surface area contributed by atoms with E-state index in [1.54, 1.807) is 63.8 Å². The number of esters is 2. The summed E-state index contributed by atoms with van der Waals surface area (Å²) in [5.41, 5.74) is 3.07. The molecule has 4 aromatic rings. The van der Waals surface area contributed by atoms with Gasteiger partial charge in [0.05, 0.1) is 62.8 Å². The highest BCUT2D eigenvalue weighted by Crippen LogP contribution is 2.56. The van der Waals surface area contributed by atoms with Crippen LogP contribution in [0.4, 0.5) is 0 Å². The first-order chi connectivity index (χ1) is 27.0. The lowest BCUT2D eigenvalue weighted by Crippen LogP contribution is -2.39. The predicted molar refractivity (Wildman–Crippen MR) is 202 cm³/mol. The van der Waals surface area contributed by atoms with Gasteiger partial charge >= 0.3 is 11.9 Å². The van der Waals surface area contributed by atoms with Crippen LogP contribution in [-0.2, 0) is 25.5 Å². The number of methoxy groups -OCH3 is 8. The Kier molecular flexibility index (Phi) is 11.8. The molecule has 298 valence electrons. The third-order valence-corrected chi connectivity index (χ3v) is 9.88. The Balaban J connectivity index is 1.59. The van der Waals surface area contributed by atoms with Gasteiger partial charge in [-0.3, -0.25) is 9.59 Å². The molecule has 0 unspecified atom stereocenters. The van der Waals surface area contributed by atoms with E-state index in [0.29, 0.717) is 85.3 Å². The van der Waals surface area contributed by atoms with E-state index in [1.165, 1.54) is 49.4 Å². The molecular formula is C42H46O14. The van der Waals surface area contributed by atoms with E-state index < -0.39 is 42.3 Å². The molecule has 14 nitrogen and oxygen atoms in total. The second-order valence-electron chi connectivity index (χ2n) is 13.0. The van der Waals surface area contributed by atoms with Gasteiger partial charge in [0.25, 0.3) is 0 Å². The first kappa shape index (κ1) is 39.5. The first-order valence-electron chi connectivity index (χ1n) is 17.7. The fraction of sp³-hybridized carbons (Fsp3) is 0.381. The molecule has 0 saturated heterocycles. The van der Waals surface area contributed by atoms with Crippen molar-refractivity contribution in [2.24, 2.45) is 0 Å². The average Bonchev–Trinajstić information content (AvgIpc) is 3.21. The van der Waals surface area contributed by atoms with E-state index in [1.807, 2.05) is 12.1 Å². The lowest BCUT2D eigenvalue weighted by molar-refractivity contribution is -0.154. The first-order valence-corrected chi connectivity index (χ1v) is 17.7. The lowest BCUT2D eigenvalue weighted by Gasteiger charge is -2.41. The monoisotopic (exact) mass is 774 g/mol. The number of benzene rings is 4. The molecule has 14 heteroatoms. The van der Waals surface area contributed by atoms with E-state index in [4.69, 9.17) is 56.8 Å². The normalized spacial score (nSPS) is 19.4. The van der Waals surface area contributed by atoms with Crippen LogP contribution >= 0.6 is 0 Å². The topological polar surface area (TPSA) is 145 Å². The van der Waals surface area contributed by atoms with Gasteiger partial charge in [0.15, 0.2) is 41.3 Å². The Bertz CT molecular complexity index is 2070. The number of carbonyl (C=O) groups excluding carboxylic acids is 2. The molecule has 0 fully saturated rings. The predicted octanol–water partition coefficient (Wildman–Crippen LogP) is 6.56. The van der Waals surface area contributed by atoms with Gasteiger partial charge in [-0.05, 0) is 30.3 Å². The highest BCUT2D eigenvalue weighted by Gasteiger charge is 2.47. The van der Waals surface area contributed by atoms with Crippen LogP contribution in [0, 0.1) is 0 Å². The Hall–Kier alpha value is -6.18. The van der Waals surface area contributed by atoms with Crippen LogP contribution in [-0.4, -0.2) is 81.0 Å². The van der Waals surface area contributed by atoms with Gasteiger partial charge in [-0.15, -0.1) is 0 Å². The lowest BCUT2D eigenvalue weighted by atomic mass is 9.77. The molecule has 56 heavy (non-hydrogen) atoms. The number of carbonyl (C=O) groups is 2. The SMILES string of the molecule is COc1ccc2c(c1)O[C@H](c1cc(OC)c(OC)c(OC)c1)[C@@H](OC(C)=O)[C@@H]2c1c(OC)cc2c(c1OC)C[C@H](OC(C)=O)[C@@H](c1ccc(OC)c(OC)c1)O2. The Morgan fingerprint density at radius 2 is 1.16 bits per heavy atom. The Morgan fingerprint density at radius 1 is 0.554 bits per heavy atom. The molecule has 0 spiro atoms. The summed E-state index contributed by atoms with van der Waals surface area (Å²) in [6.45, 7) is 2.68. The van der Waals surface area contributed by atoms with Crippen LogP contribution in [0.1, 0.15) is 59.8 Å². The van der Waals surface area contributed by atoms with Crippen LogP contribution in [0.25, 0.3) is 0 Å². The van der Waals surface area contributed by atoms with Gasteiger partial charge in [-0.1, -0.05) is 12.1 Å². The van der Waals surface area contributed by atoms with Crippen molar-refractivity contribution < 1.29 is 66.4 Å². The maximum atomic E-state index is 13.1. The molecule has 2 aliphatic heterocycles. The minimum absolute atomic E-state index is 0.196. The van der Waals surface area contributed by atoms with E-state index in [0.717, 1.165) is 0 Å². The van der Waals surface area contributed by atoms with Crippen molar-refractivity contribution in [3.63, 3.8) is 0 Å². The van der Waals surface area contributed by atoms with Crippen molar-refractivity contribution in [2.45, 2.75) is 50.6 Å². The largest absolute Gasteiger partial charge is 0.497 e. The molecule has 6 rings (SSSR count). The summed E-state index contributed by atoms with van der Waals surface area (Å²) in [6, 6.07) is 16.1. The van der Waals surface area contributed by atoms with E-state index in [9.17, 15) is 9.59 Å². The van der Waals surface area contributed by atoms with Crippen molar-refractivity contribution >= 4 is 11.9 Å². The molecule has 4 aromatic carbocycles. The van der Waals surface area contributed by atoms with E-state index >= 15 is 0 Å². The smallest absolute Gasteiger partial charge is 0.303 e. The van der Waals surface area contributed by atoms with Crippen LogP contribution in [0.2, 0.25) is 0 Å². The minimum Gasteiger partial charge on any atom is -0.497 e. The molecule has 2 aliphatic rings. The van der Waals surface area contributed by atoms with E-state index in [2.05, 4.69) is 0 Å². The fourth-order valence-electron chi connectivity index (χ4n) is 7.54. The van der Waals surface area contributed by atoms with Gasteiger partial charge in [-0.25, -0.2) is 0 Å². The number of rotatable bonds is 13. The summed E-state index contributed by atoms with van der Waals surface area (Å²) in [5, 5.41) is 0. The Labute approximate surface area is 325 Å². The molecule has 5 atom stereocenters. The summed E-state index contributed by atoms with van der Waals surface area (Å²) in [5.74, 6) is 2.56. The number of hydrogen-bond donors (Lipinski definition) is 0. The zero-order valence-electron chi connectivity index (χ0n) is 33.0. The van der Waals surface area contributed by atoms with Crippen LogP contribution in [0.3, 0.4) is 0 Å². The van der Waals surface area contributed by atoms with Crippen molar-refractivity contribution in [2.75, 3.05) is 56.9 Å². The summed E-state index contributed by atoms with van der Waals surface area (Å²) in [7, 11) is 12.3. The van der Waals surface area contributed by atoms with Gasteiger partial charge in [0.1, 0.15) is 34.9 Å². The standard InChI is InChI=1S/C42H46O14/c1-21(43)53-35-19-27-30(55-38(35)23-11-14-28(46-4)31(15-23)47-5)20-32(48-6)37(40(27)51-9)36-26-13-12-25(45-3)18-29(26)56-39(42(36)54-22(2)44)24-16-33(49-7)41(52-10)34(17-24)50-8/h11-18,20,35-36,38-39,42H,19H2,1-10H3/t35-,36-,38+,39+,42-/m0/s1. The zero-order chi connectivity index (χ0) is 40.3. The van der Waals surface area contributed by atoms with Crippen LogP contribution < -0.4 is 47.4 Å². The summed E-state index contributed by atoms with van der Waals surface area (Å²) in [6.07, 6.45) is -3.26. The molecule has 0 amide bonds. The third-order valence-electron chi connectivity index (χ3n) is 9.88. The highest BCUT2D eigenvalue weighted by atomic mass is 16.6. The van der Waals surface area contributed by atoms with Crippen molar-refractivity contribution in [1.82, 2.24) is 0 Å². The van der Waals surface area contributed by atoms with Crippen molar-refractivity contribution in [1.29, 1.82) is 0 Å². The summed E-state index contributed by atoms with van der Waals surface area (Å²) >= 11 is 0. The van der Waals surface area contributed by atoms with Gasteiger partial charge in [-0.2, -0.15) is 0 Å². The molecular weight excluding hydrogens is 728 g/mol. The molecule has 0 saturated carbocycles. The molecule has 0 bridgehead atoms. The zero-order valence-corrected chi connectivity index (χ0v) is 33.0. The maximum absolute atomic E-state index is 13.1. The van der Waals surface area contributed by atoms with Crippen molar-refractivity contribution in [3.05, 3.63) is 82.4 Å². The summed E-state index contributed by atoms with van der Waals surface area (Å²) in [4.78, 5) is 25.6. The van der Waals surface area contributed by atoms with Gasteiger partial charge < -0.3 is 56.8 Å². The maximum Gasteiger partial charge on any atom is 0.303 e. The number of fused-ring (bicyclic) bond motifs is 2. The molecule has 0 radical (unpaired) electrons. The average molecular weight is 775 g/mol. The third kappa shape index (κ3) is 7.30. The second-order valence-corrected chi connectivity index (χ2v) is 13.0. The number of ether oxygens (including phenoxy) is 12. The number of hydrogen-bond acceptors (Lipinski definition) is 14. The fourth-order valence-corrected chi connectivity index (χ4v) is 7.54. The van der Waals surface area contributed by atoms with Crippen LogP contribution in [0.15, 0.2) is 54.6 Å². The molecule has 0 aromatic heterocycles. The second kappa shape index (κ2) is 16.7. The molecule has 0 aliphatic carbocycles. The van der Waals surface area contributed by atoms with E-state index in [-0.39, 0.29) is 6.42 Å². The highest BCUT2D eigenvalue weighted by molar-refractivity contribution is 5.69.